The van der Waals surface area contributed by atoms with Gasteiger partial charge in [-0.2, -0.15) is 5.10 Å². The number of hydrogen-bond donors (Lipinski definition) is 2. The zero-order valence-electron chi connectivity index (χ0n) is 21.2. The van der Waals surface area contributed by atoms with E-state index in [9.17, 15) is 19.7 Å². The Morgan fingerprint density at radius 3 is 2.62 bits per heavy atom. The first-order chi connectivity index (χ1) is 18.7. The summed E-state index contributed by atoms with van der Waals surface area (Å²) in [4.78, 5) is 45.4. The molecule has 2 unspecified atom stereocenters. The molecule has 5 rings (SSSR count). The monoisotopic (exact) mass is 551 g/mol. The molecule has 0 aliphatic carbocycles. The number of piperazine rings is 1. The molecule has 2 aromatic carbocycles. The molecule has 12 nitrogen and oxygen atoms in total. The van der Waals surface area contributed by atoms with Crippen LogP contribution in [-0.2, 0) is 4.79 Å². The summed E-state index contributed by atoms with van der Waals surface area (Å²) >= 11 is 6.15. The lowest BCUT2D eigenvalue weighted by atomic mass is 9.95. The van der Waals surface area contributed by atoms with Crippen LogP contribution >= 0.6 is 11.6 Å². The van der Waals surface area contributed by atoms with Gasteiger partial charge in [0.1, 0.15) is 24.2 Å². The third kappa shape index (κ3) is 5.28. The van der Waals surface area contributed by atoms with E-state index in [-0.39, 0.29) is 35.8 Å². The van der Waals surface area contributed by atoms with Gasteiger partial charge in [-0.25, -0.2) is 4.79 Å². The largest absolute Gasteiger partial charge is 0.490 e. The van der Waals surface area contributed by atoms with Crippen molar-refractivity contribution in [2.24, 2.45) is 4.99 Å². The molecule has 1 saturated heterocycles. The van der Waals surface area contributed by atoms with Gasteiger partial charge in [-0.3, -0.25) is 29.9 Å². The van der Waals surface area contributed by atoms with Crippen molar-refractivity contribution in [3.63, 3.8) is 0 Å². The maximum absolute atomic E-state index is 14.2. The Hall–Kier alpha value is -4.45. The molecule has 0 spiro atoms. The number of nitro benzene ring substituents is 1. The Balaban J connectivity index is 1.70. The summed E-state index contributed by atoms with van der Waals surface area (Å²) in [7, 11) is 0. The number of hydrogen-bond acceptors (Lipinski definition) is 7. The van der Waals surface area contributed by atoms with Crippen molar-refractivity contribution in [2.45, 2.75) is 32.0 Å². The molecule has 3 heterocycles. The number of carbonyl (C=O) groups excluding carboxylic acids is 2. The molecule has 1 aromatic heterocycles. The molecule has 2 aliphatic heterocycles. The average molecular weight is 552 g/mol. The summed E-state index contributed by atoms with van der Waals surface area (Å²) in [6.07, 6.45) is 3.01. The fraction of sp³-hybridized carbons (Fsp3) is 0.308. The minimum absolute atomic E-state index is 0.109. The van der Waals surface area contributed by atoms with Crippen LogP contribution in [0.4, 0.5) is 10.5 Å². The van der Waals surface area contributed by atoms with Crippen molar-refractivity contribution >= 4 is 35.1 Å². The van der Waals surface area contributed by atoms with Gasteiger partial charge in [0, 0.05) is 35.9 Å². The number of aliphatic imine (C=N–C) groups is 1. The number of halogens is 1. The molecule has 202 valence electrons. The van der Waals surface area contributed by atoms with Crippen molar-refractivity contribution in [1.82, 2.24) is 25.3 Å². The number of benzene rings is 2. The minimum Gasteiger partial charge on any atom is -0.490 e. The second-order valence-electron chi connectivity index (χ2n) is 9.45. The molecule has 1 fully saturated rings. The van der Waals surface area contributed by atoms with E-state index in [1.54, 1.807) is 38.4 Å². The van der Waals surface area contributed by atoms with Crippen LogP contribution < -0.4 is 10.1 Å². The van der Waals surface area contributed by atoms with E-state index in [1.165, 1.54) is 28.0 Å². The highest BCUT2D eigenvalue weighted by molar-refractivity contribution is 6.30. The Bertz CT molecular complexity index is 1420. The summed E-state index contributed by atoms with van der Waals surface area (Å²) in [5.74, 6) is 0.220. The zero-order chi connectivity index (χ0) is 27.7. The second kappa shape index (κ2) is 10.7. The first kappa shape index (κ1) is 26.2. The van der Waals surface area contributed by atoms with Gasteiger partial charge in [0.15, 0.2) is 0 Å². The SMILES string of the molecule is CC(C)Oc1cc([N+](=O)[O-])ccc1C1=NC(c2ccc(Cl)cc2)C(c2cn[nH]c2)N1C(=O)N1CCNC(=O)C1. The van der Waals surface area contributed by atoms with E-state index >= 15 is 0 Å². The summed E-state index contributed by atoms with van der Waals surface area (Å²) in [6, 6.07) is 9.75. The van der Waals surface area contributed by atoms with E-state index in [0.29, 0.717) is 29.2 Å². The van der Waals surface area contributed by atoms with Crippen LogP contribution in [0, 0.1) is 10.1 Å². The van der Waals surface area contributed by atoms with Crippen LogP contribution in [0.25, 0.3) is 0 Å². The molecule has 0 radical (unpaired) electrons. The molecular formula is C26H26ClN7O5. The van der Waals surface area contributed by atoms with Gasteiger partial charge in [0.2, 0.25) is 5.91 Å². The second-order valence-corrected chi connectivity index (χ2v) is 9.89. The Morgan fingerprint density at radius 1 is 1.21 bits per heavy atom. The number of non-ortho nitro benzene ring substituents is 1. The van der Waals surface area contributed by atoms with Crippen molar-refractivity contribution < 1.29 is 19.2 Å². The van der Waals surface area contributed by atoms with Gasteiger partial charge >= 0.3 is 6.03 Å². The van der Waals surface area contributed by atoms with Crippen LogP contribution in [0.15, 0.2) is 59.9 Å². The fourth-order valence-corrected chi connectivity index (χ4v) is 4.86. The number of aromatic amines is 1. The Kier molecular flexibility index (Phi) is 7.20. The zero-order valence-corrected chi connectivity index (χ0v) is 22.0. The minimum atomic E-state index is -0.639. The summed E-state index contributed by atoms with van der Waals surface area (Å²) < 4.78 is 5.98. The van der Waals surface area contributed by atoms with Crippen molar-refractivity contribution in [3.8, 4) is 5.75 Å². The van der Waals surface area contributed by atoms with Crippen LogP contribution in [0.3, 0.4) is 0 Å². The van der Waals surface area contributed by atoms with Crippen LogP contribution in [-0.4, -0.2) is 68.4 Å². The normalized spacial score (nSPS) is 19.2. The molecule has 3 aromatic rings. The molecule has 0 saturated carbocycles. The Labute approximate surface area is 228 Å². The van der Waals surface area contributed by atoms with Gasteiger partial charge < -0.3 is 15.0 Å². The molecule has 39 heavy (non-hydrogen) atoms. The topological polar surface area (TPSA) is 146 Å². The first-order valence-corrected chi connectivity index (χ1v) is 12.7. The average Bonchev–Trinajstić information content (AvgIpc) is 3.56. The fourth-order valence-electron chi connectivity index (χ4n) is 4.73. The molecule has 0 bridgehead atoms. The van der Waals surface area contributed by atoms with Crippen molar-refractivity contribution in [2.75, 3.05) is 19.6 Å². The van der Waals surface area contributed by atoms with Crippen molar-refractivity contribution in [1.29, 1.82) is 0 Å². The first-order valence-electron chi connectivity index (χ1n) is 12.3. The van der Waals surface area contributed by atoms with Crippen LogP contribution in [0.2, 0.25) is 5.02 Å². The third-order valence-corrected chi connectivity index (χ3v) is 6.69. The lowest BCUT2D eigenvalue weighted by Crippen LogP contribution is -2.55. The summed E-state index contributed by atoms with van der Waals surface area (Å²) in [5.41, 5.74) is 1.74. The van der Waals surface area contributed by atoms with Gasteiger partial charge in [-0.15, -0.1) is 0 Å². The molecule has 13 heteroatoms. The van der Waals surface area contributed by atoms with Gasteiger partial charge in [0.05, 0.1) is 34.9 Å². The summed E-state index contributed by atoms with van der Waals surface area (Å²) in [6.45, 7) is 4.13. The number of amidine groups is 1. The number of nitrogens with zero attached hydrogens (tertiary/aromatic N) is 5. The molecular weight excluding hydrogens is 526 g/mol. The van der Waals surface area contributed by atoms with E-state index in [2.05, 4.69) is 15.5 Å². The number of carbonyl (C=O) groups is 2. The predicted molar refractivity (Wildman–Crippen MR) is 143 cm³/mol. The molecule has 2 N–H and O–H groups in total. The van der Waals surface area contributed by atoms with Gasteiger partial charge in [-0.1, -0.05) is 23.7 Å². The number of urea groups is 1. The Morgan fingerprint density at radius 2 is 1.97 bits per heavy atom. The molecule has 2 atom stereocenters. The maximum Gasteiger partial charge on any atom is 0.326 e. The molecule has 2 aliphatic rings. The third-order valence-electron chi connectivity index (χ3n) is 6.43. The molecule has 3 amide bonds. The smallest absolute Gasteiger partial charge is 0.326 e. The standard InChI is InChI=1S/C26H26ClN7O5/c1-15(2)39-21-11-19(34(37)38)7-8-20(21)25-31-23(16-3-5-18(27)6-4-16)24(17-12-29-30-13-17)33(25)26(36)32-10-9-28-22(35)14-32/h3-8,11-13,15,23-24H,9-10,14H2,1-2H3,(H,28,35)(H,29,30). The highest BCUT2D eigenvalue weighted by Crippen LogP contribution is 2.45. The lowest BCUT2D eigenvalue weighted by molar-refractivity contribution is -0.384. The van der Waals surface area contributed by atoms with Gasteiger partial charge in [0.25, 0.3) is 5.69 Å². The number of amides is 3. The number of nitro groups is 1. The highest BCUT2D eigenvalue weighted by Gasteiger charge is 2.45. The van der Waals surface area contributed by atoms with E-state index in [1.807, 2.05) is 12.1 Å². The number of H-pyrrole nitrogens is 1. The number of ether oxygens (including phenoxy) is 1. The van der Waals surface area contributed by atoms with E-state index < -0.39 is 23.0 Å². The quantitative estimate of drug-likeness (QED) is 0.351. The van der Waals surface area contributed by atoms with Gasteiger partial charge in [-0.05, 0) is 37.6 Å². The van der Waals surface area contributed by atoms with E-state index in [0.717, 1.165) is 5.56 Å². The van der Waals surface area contributed by atoms with Crippen LogP contribution in [0.1, 0.15) is 42.6 Å². The predicted octanol–water partition coefficient (Wildman–Crippen LogP) is 3.86. The summed E-state index contributed by atoms with van der Waals surface area (Å²) in [5, 5.41) is 21.7. The lowest BCUT2D eigenvalue weighted by Gasteiger charge is -2.35. The maximum atomic E-state index is 14.2. The highest BCUT2D eigenvalue weighted by atomic mass is 35.5. The van der Waals surface area contributed by atoms with Crippen LogP contribution in [0.5, 0.6) is 5.75 Å². The van der Waals surface area contributed by atoms with Crippen molar-refractivity contribution in [3.05, 3.63) is 86.7 Å². The number of nitrogens with one attached hydrogen (secondary N) is 2. The number of aromatic nitrogens is 2. The van der Waals surface area contributed by atoms with E-state index in [4.69, 9.17) is 21.3 Å². The number of rotatable bonds is 6.